The van der Waals surface area contributed by atoms with Crippen LogP contribution >= 0.6 is 0 Å². The molecule has 3 rings (SSSR count). The van der Waals surface area contributed by atoms with Gasteiger partial charge in [-0.3, -0.25) is 10.1 Å². The lowest BCUT2D eigenvalue weighted by Gasteiger charge is -2.42. The highest BCUT2D eigenvalue weighted by Gasteiger charge is 2.32. The van der Waals surface area contributed by atoms with E-state index < -0.39 is 4.92 Å². The molecule has 0 aliphatic carbocycles. The van der Waals surface area contributed by atoms with Crippen LogP contribution in [0.2, 0.25) is 0 Å². The zero-order valence-corrected chi connectivity index (χ0v) is 11.7. The van der Waals surface area contributed by atoms with Crippen molar-refractivity contribution in [2.24, 2.45) is 5.92 Å². The lowest BCUT2D eigenvalue weighted by Crippen LogP contribution is -2.46. The van der Waals surface area contributed by atoms with Crippen molar-refractivity contribution in [2.75, 3.05) is 24.6 Å². The zero-order chi connectivity index (χ0) is 14.8. The summed E-state index contributed by atoms with van der Waals surface area (Å²) < 4.78 is 5.79. The number of rotatable bonds is 2. The molecule has 0 unspecified atom stereocenters. The van der Waals surface area contributed by atoms with Gasteiger partial charge in [0.2, 0.25) is 0 Å². The third-order valence-electron chi connectivity index (χ3n) is 4.38. The molecular weight excluding hydrogens is 270 g/mol. The van der Waals surface area contributed by atoms with Crippen molar-refractivity contribution in [1.29, 1.82) is 5.26 Å². The zero-order valence-electron chi connectivity index (χ0n) is 11.7. The summed E-state index contributed by atoms with van der Waals surface area (Å²) in [6.07, 6.45) is 3.59. The van der Waals surface area contributed by atoms with E-state index in [9.17, 15) is 10.1 Å². The van der Waals surface area contributed by atoms with Gasteiger partial charge in [-0.05, 0) is 31.4 Å². The van der Waals surface area contributed by atoms with E-state index in [0.717, 1.165) is 38.2 Å². The first-order chi connectivity index (χ1) is 10.2. The van der Waals surface area contributed by atoms with Gasteiger partial charge < -0.3 is 9.64 Å². The van der Waals surface area contributed by atoms with Gasteiger partial charge >= 0.3 is 0 Å². The molecule has 2 atom stereocenters. The molecule has 0 saturated carbocycles. The second-order valence-corrected chi connectivity index (χ2v) is 5.62. The number of nitro benzene ring substituents is 1. The molecule has 2 saturated heterocycles. The van der Waals surface area contributed by atoms with Gasteiger partial charge in [0.1, 0.15) is 11.6 Å². The summed E-state index contributed by atoms with van der Waals surface area (Å²) in [4.78, 5) is 12.6. The van der Waals surface area contributed by atoms with E-state index >= 15 is 0 Å². The van der Waals surface area contributed by atoms with Crippen LogP contribution in [0.5, 0.6) is 0 Å². The van der Waals surface area contributed by atoms with Crippen molar-refractivity contribution >= 4 is 11.4 Å². The van der Waals surface area contributed by atoms with Crippen LogP contribution in [0.1, 0.15) is 24.8 Å². The summed E-state index contributed by atoms with van der Waals surface area (Å²) in [5.41, 5.74) is 0.887. The topological polar surface area (TPSA) is 79.4 Å². The molecule has 6 nitrogen and oxygen atoms in total. The monoisotopic (exact) mass is 287 g/mol. The molecule has 6 heteroatoms. The maximum absolute atomic E-state index is 10.9. The molecule has 0 spiro atoms. The molecule has 110 valence electrons. The Bertz CT molecular complexity index is 596. The molecule has 1 aromatic carbocycles. The van der Waals surface area contributed by atoms with Gasteiger partial charge in [0, 0.05) is 37.4 Å². The van der Waals surface area contributed by atoms with Gasteiger partial charge in [-0.1, -0.05) is 0 Å². The first-order valence-corrected chi connectivity index (χ1v) is 7.24. The van der Waals surface area contributed by atoms with Crippen LogP contribution in [0.25, 0.3) is 0 Å². The molecule has 21 heavy (non-hydrogen) atoms. The molecule has 0 aromatic heterocycles. The van der Waals surface area contributed by atoms with Crippen molar-refractivity contribution in [2.45, 2.75) is 25.4 Å². The van der Waals surface area contributed by atoms with E-state index in [2.05, 4.69) is 4.90 Å². The minimum Gasteiger partial charge on any atom is -0.378 e. The van der Waals surface area contributed by atoms with Crippen molar-refractivity contribution in [3.8, 4) is 6.07 Å². The SMILES string of the molecule is N#Cc1cc(N2CC[C@@H]3OCCC[C@@H]3C2)ccc1[N+](=O)[O-]. The third-order valence-corrected chi connectivity index (χ3v) is 4.38. The predicted octanol–water partition coefficient (Wildman–Crippen LogP) is 2.47. The maximum atomic E-state index is 10.9. The fraction of sp³-hybridized carbons (Fsp3) is 0.533. The quantitative estimate of drug-likeness (QED) is 0.616. The number of benzene rings is 1. The molecule has 2 aliphatic rings. The number of nitriles is 1. The van der Waals surface area contributed by atoms with Crippen LogP contribution in [-0.4, -0.2) is 30.7 Å². The van der Waals surface area contributed by atoms with E-state index in [1.54, 1.807) is 12.1 Å². The minimum absolute atomic E-state index is 0.125. The molecule has 2 aliphatic heterocycles. The summed E-state index contributed by atoms with van der Waals surface area (Å²) in [6, 6.07) is 6.71. The molecule has 2 heterocycles. The molecule has 1 aromatic rings. The lowest BCUT2D eigenvalue weighted by molar-refractivity contribution is -0.385. The third kappa shape index (κ3) is 2.69. The van der Waals surface area contributed by atoms with Gasteiger partial charge in [-0.15, -0.1) is 0 Å². The van der Waals surface area contributed by atoms with E-state index in [1.165, 1.54) is 12.5 Å². The molecule has 0 N–H and O–H groups in total. The Morgan fingerprint density at radius 1 is 1.43 bits per heavy atom. The van der Waals surface area contributed by atoms with Crippen molar-refractivity contribution in [3.05, 3.63) is 33.9 Å². The smallest absolute Gasteiger partial charge is 0.287 e. The molecule has 0 radical (unpaired) electrons. The molecule has 0 bridgehead atoms. The summed E-state index contributed by atoms with van der Waals surface area (Å²) in [6.45, 7) is 2.62. The van der Waals surface area contributed by atoms with Crippen LogP contribution < -0.4 is 4.90 Å². The number of hydrogen-bond acceptors (Lipinski definition) is 5. The average molecular weight is 287 g/mol. The normalized spacial score (nSPS) is 25.0. The van der Waals surface area contributed by atoms with Crippen LogP contribution in [-0.2, 0) is 4.74 Å². The van der Waals surface area contributed by atoms with Gasteiger partial charge in [0.05, 0.1) is 11.0 Å². The van der Waals surface area contributed by atoms with Crippen LogP contribution in [0, 0.1) is 27.4 Å². The highest BCUT2D eigenvalue weighted by atomic mass is 16.6. The minimum atomic E-state index is -0.510. The summed E-state index contributed by atoms with van der Waals surface area (Å²) in [5, 5.41) is 20.0. The van der Waals surface area contributed by atoms with Crippen LogP contribution in [0.4, 0.5) is 11.4 Å². The Kier molecular flexibility index (Phi) is 3.76. The fourth-order valence-electron chi connectivity index (χ4n) is 3.29. The van der Waals surface area contributed by atoms with Crippen molar-refractivity contribution < 1.29 is 9.66 Å². The number of nitrogens with zero attached hydrogens (tertiary/aromatic N) is 3. The number of hydrogen-bond donors (Lipinski definition) is 0. The predicted molar refractivity (Wildman–Crippen MR) is 77.1 cm³/mol. The maximum Gasteiger partial charge on any atom is 0.287 e. The Morgan fingerprint density at radius 3 is 3.05 bits per heavy atom. The fourth-order valence-corrected chi connectivity index (χ4v) is 3.29. The van der Waals surface area contributed by atoms with E-state index in [4.69, 9.17) is 10.00 Å². The van der Waals surface area contributed by atoms with Crippen molar-refractivity contribution in [3.63, 3.8) is 0 Å². The summed E-state index contributed by atoms with van der Waals surface area (Å²) in [7, 11) is 0. The first-order valence-electron chi connectivity index (χ1n) is 7.24. The molecule has 0 amide bonds. The van der Waals surface area contributed by atoms with Crippen LogP contribution in [0.3, 0.4) is 0 Å². The second kappa shape index (κ2) is 5.70. The summed E-state index contributed by atoms with van der Waals surface area (Å²) in [5.74, 6) is 0.522. The molecular formula is C15H17N3O3. The van der Waals surface area contributed by atoms with Gasteiger partial charge in [-0.2, -0.15) is 5.26 Å². The standard InChI is InChI=1S/C15H17N3O3/c16-9-12-8-13(3-4-14(12)18(19)20)17-6-5-15-11(10-17)2-1-7-21-15/h3-4,8,11,15H,1-2,5-7,10H2/t11-,15+/m1/s1. The first kappa shape index (κ1) is 13.8. The van der Waals surface area contributed by atoms with Gasteiger partial charge in [-0.25, -0.2) is 0 Å². The largest absolute Gasteiger partial charge is 0.378 e. The Labute approximate surface area is 123 Å². The number of fused-ring (bicyclic) bond motifs is 1. The second-order valence-electron chi connectivity index (χ2n) is 5.62. The molecule has 2 fully saturated rings. The number of anilines is 1. The van der Waals surface area contributed by atoms with Crippen molar-refractivity contribution in [1.82, 2.24) is 0 Å². The highest BCUT2D eigenvalue weighted by molar-refractivity contribution is 5.60. The van der Waals surface area contributed by atoms with Gasteiger partial charge in [0.15, 0.2) is 0 Å². The Morgan fingerprint density at radius 2 is 2.29 bits per heavy atom. The number of nitro groups is 1. The summed E-state index contributed by atoms with van der Waals surface area (Å²) >= 11 is 0. The average Bonchev–Trinajstić information content (AvgIpc) is 2.53. The van der Waals surface area contributed by atoms with Crippen LogP contribution in [0.15, 0.2) is 18.2 Å². The van der Waals surface area contributed by atoms with Gasteiger partial charge in [0.25, 0.3) is 5.69 Å². The highest BCUT2D eigenvalue weighted by Crippen LogP contribution is 2.32. The Hall–Kier alpha value is -2.13. The van der Waals surface area contributed by atoms with E-state index in [-0.39, 0.29) is 11.3 Å². The van der Waals surface area contributed by atoms with E-state index in [0.29, 0.717) is 12.0 Å². The Balaban J connectivity index is 1.81. The number of piperidine rings is 1. The lowest BCUT2D eigenvalue weighted by atomic mass is 9.88. The van der Waals surface area contributed by atoms with E-state index in [1.807, 2.05) is 6.07 Å². The number of ether oxygens (including phenoxy) is 1.